The lowest BCUT2D eigenvalue weighted by Gasteiger charge is -2.16. The second-order valence-corrected chi connectivity index (χ2v) is 5.39. The molecule has 0 heterocycles. The summed E-state index contributed by atoms with van der Waals surface area (Å²) in [6.07, 6.45) is 1.88. The summed E-state index contributed by atoms with van der Waals surface area (Å²) >= 11 is 0. The average Bonchev–Trinajstić information content (AvgIpc) is 3.22. The zero-order valence-electron chi connectivity index (χ0n) is 11.5. The van der Waals surface area contributed by atoms with Gasteiger partial charge in [-0.2, -0.15) is 0 Å². The molecule has 0 aromatic heterocycles. The normalized spacial score (nSPS) is 17.8. The van der Waals surface area contributed by atoms with Gasteiger partial charge in [-0.3, -0.25) is 4.79 Å². The van der Waals surface area contributed by atoms with Crippen LogP contribution in [0.2, 0.25) is 0 Å². The zero-order valence-corrected chi connectivity index (χ0v) is 11.5. The van der Waals surface area contributed by atoms with E-state index in [1.165, 1.54) is 0 Å². The number of amides is 1. The lowest BCUT2D eigenvalue weighted by Crippen LogP contribution is -2.42. The van der Waals surface area contributed by atoms with E-state index in [0.29, 0.717) is 12.5 Å². The van der Waals surface area contributed by atoms with Crippen molar-refractivity contribution in [1.82, 2.24) is 5.32 Å². The van der Waals surface area contributed by atoms with Gasteiger partial charge in [0.25, 0.3) is 0 Å². The molecule has 104 valence electrons. The van der Waals surface area contributed by atoms with Gasteiger partial charge in [-0.25, -0.2) is 0 Å². The maximum atomic E-state index is 11.9. The largest absolute Gasteiger partial charge is 0.392 e. The number of rotatable bonds is 6. The van der Waals surface area contributed by atoms with Gasteiger partial charge in [-0.1, -0.05) is 17.7 Å². The summed E-state index contributed by atoms with van der Waals surface area (Å²) in [4.78, 5) is 11.9. The highest BCUT2D eigenvalue weighted by molar-refractivity contribution is 5.94. The predicted octanol–water partition coefficient (Wildman–Crippen LogP) is 1.68. The van der Waals surface area contributed by atoms with Crippen LogP contribution in [0.4, 0.5) is 5.69 Å². The minimum Gasteiger partial charge on any atom is -0.392 e. The summed E-state index contributed by atoms with van der Waals surface area (Å²) < 4.78 is 0. The lowest BCUT2D eigenvalue weighted by molar-refractivity contribution is -0.117. The Morgan fingerprint density at radius 2 is 2.00 bits per heavy atom. The number of nitrogens with one attached hydrogen (secondary N) is 2. The van der Waals surface area contributed by atoms with E-state index >= 15 is 0 Å². The number of aliphatic hydroxyl groups is 1. The van der Waals surface area contributed by atoms with E-state index in [1.54, 1.807) is 0 Å². The first-order valence-electron chi connectivity index (χ1n) is 6.85. The van der Waals surface area contributed by atoms with E-state index < -0.39 is 0 Å². The third-order valence-corrected chi connectivity index (χ3v) is 3.51. The predicted molar refractivity (Wildman–Crippen MR) is 76.0 cm³/mol. The summed E-state index contributed by atoms with van der Waals surface area (Å²) in [6, 6.07) is 7.39. The fourth-order valence-electron chi connectivity index (χ4n) is 1.93. The fourth-order valence-corrected chi connectivity index (χ4v) is 1.93. The van der Waals surface area contributed by atoms with Crippen LogP contribution in [0, 0.1) is 12.8 Å². The molecule has 3 N–H and O–H groups in total. The molecular weight excluding hydrogens is 240 g/mol. The van der Waals surface area contributed by atoms with Gasteiger partial charge in [0, 0.05) is 12.2 Å². The van der Waals surface area contributed by atoms with Crippen molar-refractivity contribution in [2.75, 3.05) is 11.9 Å². The number of aryl methyl sites for hydroxylation is 1. The Kier molecular flexibility index (Phi) is 4.56. The van der Waals surface area contributed by atoms with E-state index in [4.69, 9.17) is 0 Å². The maximum Gasteiger partial charge on any atom is 0.241 e. The molecule has 1 aliphatic carbocycles. The Morgan fingerprint density at radius 1 is 1.37 bits per heavy atom. The molecule has 19 heavy (non-hydrogen) atoms. The first kappa shape index (κ1) is 14.0. The van der Waals surface area contributed by atoms with Crippen molar-refractivity contribution in [3.63, 3.8) is 0 Å². The van der Waals surface area contributed by atoms with Gasteiger partial charge < -0.3 is 15.7 Å². The van der Waals surface area contributed by atoms with Crippen LogP contribution in [0.25, 0.3) is 0 Å². The summed E-state index contributed by atoms with van der Waals surface area (Å²) in [5.74, 6) is 0.353. The molecule has 0 bridgehead atoms. The molecule has 1 fully saturated rings. The summed E-state index contributed by atoms with van der Waals surface area (Å²) in [5, 5.41) is 15.7. The van der Waals surface area contributed by atoms with Crippen molar-refractivity contribution in [3.8, 4) is 0 Å². The van der Waals surface area contributed by atoms with Crippen LogP contribution in [0.1, 0.15) is 25.3 Å². The molecule has 1 aliphatic rings. The highest BCUT2D eigenvalue weighted by atomic mass is 16.3. The first-order chi connectivity index (χ1) is 9.06. The zero-order chi connectivity index (χ0) is 13.8. The van der Waals surface area contributed by atoms with E-state index in [0.717, 1.165) is 24.1 Å². The Balaban J connectivity index is 1.76. The van der Waals surface area contributed by atoms with E-state index in [9.17, 15) is 9.90 Å². The second kappa shape index (κ2) is 6.17. The molecule has 4 heteroatoms. The van der Waals surface area contributed by atoms with Crippen molar-refractivity contribution < 1.29 is 9.90 Å². The van der Waals surface area contributed by atoms with Crippen LogP contribution in [-0.4, -0.2) is 29.7 Å². The summed E-state index contributed by atoms with van der Waals surface area (Å²) in [7, 11) is 0. The van der Waals surface area contributed by atoms with Gasteiger partial charge in [-0.05, 0) is 44.7 Å². The number of hydrogen-bond donors (Lipinski definition) is 3. The summed E-state index contributed by atoms with van der Waals surface area (Å²) in [6.45, 7) is 4.30. The Labute approximate surface area is 114 Å². The number of benzene rings is 1. The highest BCUT2D eigenvalue weighted by Crippen LogP contribution is 2.32. The third kappa shape index (κ3) is 4.33. The first-order valence-corrected chi connectivity index (χ1v) is 6.85. The molecule has 4 nitrogen and oxygen atoms in total. The van der Waals surface area contributed by atoms with Crippen LogP contribution >= 0.6 is 0 Å². The van der Waals surface area contributed by atoms with Crippen LogP contribution < -0.4 is 10.6 Å². The number of carbonyl (C=O) groups is 1. The van der Waals surface area contributed by atoms with Gasteiger partial charge in [0.2, 0.25) is 5.91 Å². The van der Waals surface area contributed by atoms with Crippen molar-refractivity contribution in [3.05, 3.63) is 29.8 Å². The van der Waals surface area contributed by atoms with E-state index in [1.807, 2.05) is 38.1 Å². The molecule has 0 aliphatic heterocycles. The monoisotopic (exact) mass is 262 g/mol. The number of carbonyl (C=O) groups excluding carboxylic acids is 1. The van der Waals surface area contributed by atoms with Crippen LogP contribution in [0.15, 0.2) is 24.3 Å². The van der Waals surface area contributed by atoms with Crippen molar-refractivity contribution in [2.45, 2.75) is 38.8 Å². The Morgan fingerprint density at radius 3 is 2.58 bits per heavy atom. The van der Waals surface area contributed by atoms with Gasteiger partial charge in [0.1, 0.15) is 0 Å². The average molecular weight is 262 g/mol. The van der Waals surface area contributed by atoms with Gasteiger partial charge >= 0.3 is 0 Å². The molecule has 1 aromatic carbocycles. The standard InChI is InChI=1S/C15H22N2O2/c1-10-3-7-13(8-4-10)17-15(19)11(2)16-9-14(18)12-5-6-12/h3-4,7-8,11-12,14,16,18H,5-6,9H2,1-2H3,(H,17,19). The third-order valence-electron chi connectivity index (χ3n) is 3.51. The topological polar surface area (TPSA) is 61.4 Å². The molecule has 2 rings (SSSR count). The molecule has 0 spiro atoms. The number of aliphatic hydroxyl groups excluding tert-OH is 1. The highest BCUT2D eigenvalue weighted by Gasteiger charge is 2.29. The molecule has 2 atom stereocenters. The molecule has 1 aromatic rings. The van der Waals surface area contributed by atoms with Crippen LogP contribution in [0.5, 0.6) is 0 Å². The fraction of sp³-hybridized carbons (Fsp3) is 0.533. The second-order valence-electron chi connectivity index (χ2n) is 5.39. The SMILES string of the molecule is Cc1ccc(NC(=O)C(C)NCC(O)C2CC2)cc1. The molecular formula is C15H22N2O2. The minimum atomic E-state index is -0.324. The number of anilines is 1. The maximum absolute atomic E-state index is 11.9. The molecule has 1 saturated carbocycles. The van der Waals surface area contributed by atoms with Crippen LogP contribution in [-0.2, 0) is 4.79 Å². The molecule has 2 unspecified atom stereocenters. The number of hydrogen-bond acceptors (Lipinski definition) is 3. The minimum absolute atomic E-state index is 0.0770. The smallest absolute Gasteiger partial charge is 0.241 e. The van der Waals surface area contributed by atoms with Crippen LogP contribution in [0.3, 0.4) is 0 Å². The van der Waals surface area contributed by atoms with Crippen molar-refractivity contribution in [2.24, 2.45) is 5.92 Å². The van der Waals surface area contributed by atoms with Crippen molar-refractivity contribution >= 4 is 11.6 Å². The molecule has 1 amide bonds. The summed E-state index contributed by atoms with van der Waals surface area (Å²) in [5.41, 5.74) is 1.96. The lowest BCUT2D eigenvalue weighted by atomic mass is 10.2. The van der Waals surface area contributed by atoms with Gasteiger partial charge in [0.05, 0.1) is 12.1 Å². The Hall–Kier alpha value is -1.39. The molecule has 0 radical (unpaired) electrons. The van der Waals surface area contributed by atoms with Crippen molar-refractivity contribution in [1.29, 1.82) is 0 Å². The van der Waals surface area contributed by atoms with E-state index in [-0.39, 0.29) is 18.1 Å². The van der Waals surface area contributed by atoms with Gasteiger partial charge in [-0.15, -0.1) is 0 Å². The van der Waals surface area contributed by atoms with Gasteiger partial charge in [0.15, 0.2) is 0 Å². The molecule has 0 saturated heterocycles. The van der Waals surface area contributed by atoms with E-state index in [2.05, 4.69) is 10.6 Å². The quantitative estimate of drug-likeness (QED) is 0.731. The Bertz CT molecular complexity index is 426.